The van der Waals surface area contributed by atoms with Crippen molar-refractivity contribution in [2.45, 2.75) is 12.5 Å². The smallest absolute Gasteiger partial charge is 0.313 e. The first-order valence-corrected chi connectivity index (χ1v) is 11.2. The number of thiocarbonyl (C=S) groups is 1. The predicted molar refractivity (Wildman–Crippen MR) is 139 cm³/mol. The molecule has 0 saturated heterocycles. The van der Waals surface area contributed by atoms with Gasteiger partial charge in [0, 0.05) is 11.6 Å². The zero-order valence-corrected chi connectivity index (χ0v) is 19.4. The monoisotopic (exact) mass is 485 g/mol. The highest BCUT2D eigenvalue weighted by molar-refractivity contribution is 7.80. The van der Waals surface area contributed by atoms with Gasteiger partial charge in [-0.05, 0) is 54.2 Å². The van der Waals surface area contributed by atoms with Gasteiger partial charge in [-0.15, -0.1) is 10.2 Å². The average molecular weight is 486 g/mol. The molecule has 0 fully saturated rings. The van der Waals surface area contributed by atoms with Crippen molar-refractivity contribution in [3.63, 3.8) is 0 Å². The number of carbonyl (C=O) groups excluding carboxylic acids is 1. The minimum Gasteiger partial charge on any atom is -0.508 e. The van der Waals surface area contributed by atoms with Crippen LogP contribution in [0.2, 0.25) is 0 Å². The van der Waals surface area contributed by atoms with E-state index >= 15 is 0 Å². The number of aromatic hydroxyl groups is 1. The zero-order chi connectivity index (χ0) is 24.6. The molecule has 9 heteroatoms. The summed E-state index contributed by atoms with van der Waals surface area (Å²) in [5.74, 6) is 0.411. The lowest BCUT2D eigenvalue weighted by Crippen LogP contribution is -2.22. The lowest BCUT2D eigenvalue weighted by atomic mass is 10.0. The van der Waals surface area contributed by atoms with Crippen molar-refractivity contribution in [1.29, 1.82) is 0 Å². The maximum atomic E-state index is 12.5. The van der Waals surface area contributed by atoms with Gasteiger partial charge in [0.25, 0.3) is 0 Å². The van der Waals surface area contributed by atoms with E-state index in [9.17, 15) is 9.90 Å². The van der Waals surface area contributed by atoms with E-state index in [1.807, 2.05) is 36.4 Å². The zero-order valence-electron chi connectivity index (χ0n) is 18.6. The van der Waals surface area contributed by atoms with Gasteiger partial charge in [0.1, 0.15) is 5.75 Å². The number of anilines is 2. The fourth-order valence-electron chi connectivity index (χ4n) is 3.27. The number of nitrogens with two attached hydrogens (primary N) is 1. The topological polar surface area (TPSA) is 122 Å². The van der Waals surface area contributed by atoms with E-state index in [0.29, 0.717) is 17.3 Å². The maximum absolute atomic E-state index is 12.5. The normalized spacial score (nSPS) is 11.3. The van der Waals surface area contributed by atoms with Crippen LogP contribution in [0.25, 0.3) is 11.3 Å². The van der Waals surface area contributed by atoms with E-state index in [4.69, 9.17) is 22.7 Å². The Balaban J connectivity index is 1.35. The van der Waals surface area contributed by atoms with Crippen molar-refractivity contribution in [1.82, 2.24) is 10.2 Å². The minimum absolute atomic E-state index is 0.0365. The summed E-state index contributed by atoms with van der Waals surface area (Å²) in [4.78, 5) is 12.5. The SMILES string of the molecule is NC(CC(=O)Oc1ccccc1NC(=S)Nc1ccc(-c2ccccc2)nn1)c1ccc(O)cc1. The summed E-state index contributed by atoms with van der Waals surface area (Å²) >= 11 is 5.39. The third-order valence-electron chi connectivity index (χ3n) is 5.04. The Hall–Kier alpha value is -4.34. The number of hydrogen-bond donors (Lipinski definition) is 4. The number of nitrogens with one attached hydrogen (secondary N) is 2. The Morgan fingerprint density at radius 3 is 2.34 bits per heavy atom. The highest BCUT2D eigenvalue weighted by Crippen LogP contribution is 2.26. The van der Waals surface area contributed by atoms with Crippen LogP contribution in [0.3, 0.4) is 0 Å². The third-order valence-corrected chi connectivity index (χ3v) is 5.25. The van der Waals surface area contributed by atoms with Crippen LogP contribution in [0.15, 0.2) is 91.0 Å². The van der Waals surface area contributed by atoms with E-state index in [1.165, 1.54) is 12.1 Å². The molecule has 0 saturated carbocycles. The number of phenols is 1. The predicted octanol–water partition coefficient (Wildman–Crippen LogP) is 4.65. The van der Waals surface area contributed by atoms with E-state index in [1.54, 1.807) is 42.5 Å². The highest BCUT2D eigenvalue weighted by atomic mass is 32.1. The lowest BCUT2D eigenvalue weighted by molar-refractivity contribution is -0.134. The van der Waals surface area contributed by atoms with Gasteiger partial charge in [0.15, 0.2) is 16.7 Å². The van der Waals surface area contributed by atoms with E-state index in [2.05, 4.69) is 20.8 Å². The van der Waals surface area contributed by atoms with Gasteiger partial charge in [-0.25, -0.2) is 0 Å². The molecule has 0 radical (unpaired) electrons. The quantitative estimate of drug-likeness (QED) is 0.168. The summed E-state index contributed by atoms with van der Waals surface area (Å²) < 4.78 is 5.53. The van der Waals surface area contributed by atoms with Gasteiger partial charge < -0.3 is 26.2 Å². The van der Waals surface area contributed by atoms with Crippen LogP contribution in [-0.2, 0) is 4.79 Å². The van der Waals surface area contributed by atoms with Gasteiger partial charge >= 0.3 is 5.97 Å². The first-order chi connectivity index (χ1) is 17.0. The summed E-state index contributed by atoms with van der Waals surface area (Å²) in [7, 11) is 0. The summed E-state index contributed by atoms with van der Waals surface area (Å²) in [5, 5.41) is 24.1. The Morgan fingerprint density at radius 1 is 0.914 bits per heavy atom. The second-order valence-electron chi connectivity index (χ2n) is 7.62. The lowest BCUT2D eigenvalue weighted by Gasteiger charge is -2.15. The fraction of sp³-hybridized carbons (Fsp3) is 0.0769. The second-order valence-corrected chi connectivity index (χ2v) is 8.03. The van der Waals surface area contributed by atoms with Crippen LogP contribution in [0, 0.1) is 0 Å². The van der Waals surface area contributed by atoms with Gasteiger partial charge in [-0.1, -0.05) is 54.6 Å². The molecule has 0 aliphatic heterocycles. The van der Waals surface area contributed by atoms with Crippen molar-refractivity contribution in [3.05, 3.63) is 96.6 Å². The van der Waals surface area contributed by atoms with Crippen LogP contribution in [0.1, 0.15) is 18.0 Å². The molecule has 1 aromatic heterocycles. The first kappa shape index (κ1) is 23.8. The number of nitrogens with zero attached hydrogens (tertiary/aromatic N) is 2. The van der Waals surface area contributed by atoms with E-state index in [0.717, 1.165) is 16.8 Å². The van der Waals surface area contributed by atoms with Gasteiger partial charge in [0.2, 0.25) is 0 Å². The minimum atomic E-state index is -0.566. The molecule has 0 bridgehead atoms. The Kier molecular flexibility index (Phi) is 7.61. The third kappa shape index (κ3) is 6.59. The molecular formula is C26H23N5O3S. The molecule has 8 nitrogen and oxygen atoms in total. The molecule has 0 aliphatic rings. The molecule has 1 atom stereocenters. The molecule has 4 aromatic rings. The molecule has 3 aromatic carbocycles. The fourth-order valence-corrected chi connectivity index (χ4v) is 3.49. The Labute approximate surface area is 207 Å². The number of phenolic OH excluding ortho intramolecular Hbond substituents is 1. The summed E-state index contributed by atoms with van der Waals surface area (Å²) in [6.07, 6.45) is -0.0365. The van der Waals surface area contributed by atoms with Crippen molar-refractivity contribution in [2.75, 3.05) is 10.6 Å². The van der Waals surface area contributed by atoms with Crippen molar-refractivity contribution in [3.8, 4) is 22.8 Å². The molecule has 1 heterocycles. The standard InChI is InChI=1S/C26H23N5O3S/c27-20(17-10-12-19(32)13-11-17)16-25(33)34-23-9-5-4-8-22(23)28-26(35)29-24-15-14-21(30-31-24)18-6-2-1-3-7-18/h1-15,20,32H,16,27H2,(H2,28,29,31,35). The molecular weight excluding hydrogens is 462 g/mol. The number of para-hydroxylation sites is 2. The van der Waals surface area contributed by atoms with E-state index < -0.39 is 12.0 Å². The highest BCUT2D eigenvalue weighted by Gasteiger charge is 2.16. The molecule has 4 rings (SSSR count). The summed E-state index contributed by atoms with van der Waals surface area (Å²) in [6, 6.07) is 26.1. The van der Waals surface area contributed by atoms with Crippen molar-refractivity contribution in [2.24, 2.45) is 5.73 Å². The number of aromatic nitrogens is 2. The van der Waals surface area contributed by atoms with Crippen LogP contribution in [0.5, 0.6) is 11.5 Å². The number of carbonyl (C=O) groups is 1. The molecule has 5 N–H and O–H groups in total. The number of hydrogen-bond acceptors (Lipinski definition) is 7. The molecule has 176 valence electrons. The van der Waals surface area contributed by atoms with Crippen LogP contribution >= 0.6 is 12.2 Å². The van der Waals surface area contributed by atoms with Crippen LogP contribution < -0.4 is 21.1 Å². The molecule has 0 spiro atoms. The molecule has 0 aliphatic carbocycles. The van der Waals surface area contributed by atoms with Crippen LogP contribution in [-0.4, -0.2) is 26.4 Å². The molecule has 1 unspecified atom stereocenters. The van der Waals surface area contributed by atoms with Gasteiger partial charge in [-0.3, -0.25) is 4.79 Å². The number of ether oxygens (including phenoxy) is 1. The van der Waals surface area contributed by atoms with Crippen molar-refractivity contribution < 1.29 is 14.6 Å². The first-order valence-electron chi connectivity index (χ1n) is 10.8. The number of esters is 1. The number of rotatable bonds is 7. The maximum Gasteiger partial charge on any atom is 0.313 e. The van der Waals surface area contributed by atoms with Crippen LogP contribution in [0.4, 0.5) is 11.5 Å². The van der Waals surface area contributed by atoms with E-state index in [-0.39, 0.29) is 17.3 Å². The molecule has 35 heavy (non-hydrogen) atoms. The average Bonchev–Trinajstić information content (AvgIpc) is 2.86. The Morgan fingerprint density at radius 2 is 1.63 bits per heavy atom. The summed E-state index contributed by atoms with van der Waals surface area (Å²) in [6.45, 7) is 0. The van der Waals surface area contributed by atoms with Crippen molar-refractivity contribution >= 4 is 34.8 Å². The largest absolute Gasteiger partial charge is 0.508 e. The summed E-state index contributed by atoms with van der Waals surface area (Å²) in [5.41, 5.74) is 9.05. The molecule has 0 amide bonds. The Bertz CT molecular complexity index is 1300. The second kappa shape index (κ2) is 11.2. The van der Waals surface area contributed by atoms with Gasteiger partial charge in [-0.2, -0.15) is 0 Å². The van der Waals surface area contributed by atoms with Gasteiger partial charge in [0.05, 0.1) is 17.8 Å². The number of benzene rings is 3.